The Kier molecular flexibility index (Phi) is 8.47. The Labute approximate surface area is 90.2 Å². The van der Waals surface area contributed by atoms with E-state index in [1.165, 1.54) is 6.04 Å². The number of ether oxygens (including phenoxy) is 2. The van der Waals surface area contributed by atoms with Crippen molar-refractivity contribution in [2.75, 3.05) is 6.54 Å². The second kappa shape index (κ2) is 8.41. The van der Waals surface area contributed by atoms with Crippen molar-refractivity contribution in [2.45, 2.75) is 58.3 Å². The molecule has 0 fully saturated rings. The highest BCUT2D eigenvalue weighted by molar-refractivity contribution is 6.36. The van der Waals surface area contributed by atoms with Gasteiger partial charge in [-0.1, -0.05) is 6.04 Å². The molecule has 0 aliphatic rings. The molecular weight excluding hydrogens is 194 g/mol. The van der Waals surface area contributed by atoms with Crippen molar-refractivity contribution < 1.29 is 9.47 Å². The van der Waals surface area contributed by atoms with Crippen LogP contribution in [0.1, 0.15) is 34.1 Å². The molecule has 4 heteroatoms. The lowest BCUT2D eigenvalue weighted by Gasteiger charge is -2.22. The van der Waals surface area contributed by atoms with Crippen molar-refractivity contribution in [2.24, 2.45) is 5.73 Å². The van der Waals surface area contributed by atoms with Gasteiger partial charge in [0.2, 0.25) is 0 Å². The maximum absolute atomic E-state index is 5.71. The average molecular weight is 219 g/mol. The first-order valence-corrected chi connectivity index (χ1v) is 7.39. The van der Waals surface area contributed by atoms with Gasteiger partial charge in [0, 0.05) is 0 Å². The van der Waals surface area contributed by atoms with E-state index < -0.39 is 0 Å². The van der Waals surface area contributed by atoms with E-state index in [2.05, 4.69) is 0 Å². The number of nitrogens with two attached hydrogens (primary N) is 1. The zero-order valence-corrected chi connectivity index (χ0v) is 11.4. The molecule has 0 aromatic carbocycles. The molecule has 0 rings (SSSR count). The Balaban J connectivity index is 3.72. The Morgan fingerprint density at radius 2 is 1.57 bits per heavy atom. The van der Waals surface area contributed by atoms with Crippen molar-refractivity contribution in [1.82, 2.24) is 0 Å². The van der Waals surface area contributed by atoms with Gasteiger partial charge in [0.15, 0.2) is 0 Å². The van der Waals surface area contributed by atoms with Crippen molar-refractivity contribution in [3.63, 3.8) is 0 Å². The fraction of sp³-hybridized carbons (Fsp3) is 1.00. The molecule has 0 aliphatic carbocycles. The van der Waals surface area contributed by atoms with Crippen molar-refractivity contribution >= 4 is 9.52 Å². The third kappa shape index (κ3) is 8.68. The predicted octanol–water partition coefficient (Wildman–Crippen LogP) is 1.06. The summed E-state index contributed by atoms with van der Waals surface area (Å²) in [7, 11) is -0.296. The van der Waals surface area contributed by atoms with Gasteiger partial charge in [-0.2, -0.15) is 0 Å². The summed E-state index contributed by atoms with van der Waals surface area (Å²) in [6.07, 6.45) is 1.61. The van der Waals surface area contributed by atoms with Gasteiger partial charge < -0.3 is 15.2 Å². The number of rotatable bonds is 8. The second-order valence-electron chi connectivity index (χ2n) is 4.08. The zero-order valence-electron chi connectivity index (χ0n) is 9.95. The molecule has 0 heterocycles. The van der Waals surface area contributed by atoms with Crippen LogP contribution in [0.5, 0.6) is 0 Å². The van der Waals surface area contributed by atoms with E-state index >= 15 is 0 Å². The van der Waals surface area contributed by atoms with Crippen molar-refractivity contribution in [1.29, 1.82) is 0 Å². The summed E-state index contributed by atoms with van der Waals surface area (Å²) in [6.45, 7) is 8.98. The molecule has 14 heavy (non-hydrogen) atoms. The van der Waals surface area contributed by atoms with Crippen LogP contribution in [-0.4, -0.2) is 34.2 Å². The Bertz CT molecular complexity index is 121. The normalized spacial score (nSPS) is 12.9. The minimum atomic E-state index is -0.296. The minimum Gasteiger partial charge on any atom is -0.354 e. The van der Waals surface area contributed by atoms with Crippen LogP contribution in [0, 0.1) is 0 Å². The van der Waals surface area contributed by atoms with Gasteiger partial charge in [-0.3, -0.25) is 0 Å². The van der Waals surface area contributed by atoms with E-state index in [1.807, 2.05) is 27.7 Å². The van der Waals surface area contributed by atoms with Gasteiger partial charge in [0.05, 0.1) is 21.7 Å². The van der Waals surface area contributed by atoms with Crippen LogP contribution in [-0.2, 0) is 9.47 Å². The monoisotopic (exact) mass is 219 g/mol. The molecule has 86 valence electrons. The number of hydrogen-bond donors (Lipinski definition) is 1. The average Bonchev–Trinajstić information content (AvgIpc) is 2.02. The molecule has 0 aromatic heterocycles. The fourth-order valence-corrected chi connectivity index (χ4v) is 3.18. The van der Waals surface area contributed by atoms with Crippen LogP contribution in [0.4, 0.5) is 0 Å². The van der Waals surface area contributed by atoms with E-state index in [-0.39, 0.29) is 27.6 Å². The summed E-state index contributed by atoms with van der Waals surface area (Å²) < 4.78 is 11.4. The van der Waals surface area contributed by atoms with E-state index in [9.17, 15) is 0 Å². The molecule has 0 amide bonds. The minimum absolute atomic E-state index is 0.0709. The van der Waals surface area contributed by atoms with Crippen molar-refractivity contribution in [3.8, 4) is 0 Å². The highest BCUT2D eigenvalue weighted by atomic mass is 28.2. The van der Waals surface area contributed by atoms with Gasteiger partial charge in [-0.25, -0.2) is 0 Å². The van der Waals surface area contributed by atoms with E-state index in [0.29, 0.717) is 0 Å². The molecule has 0 saturated carbocycles. The standard InChI is InChI=1S/C10H25NO2Si/c1-8(2)12-10(13-9(3)4)14-7-5-6-11/h8-10H,5-7,11,14H2,1-4H3. The molecule has 0 spiro atoms. The smallest absolute Gasteiger partial charge is 0.135 e. The zero-order chi connectivity index (χ0) is 11.0. The lowest BCUT2D eigenvalue weighted by molar-refractivity contribution is -0.134. The van der Waals surface area contributed by atoms with Gasteiger partial charge in [0.1, 0.15) is 5.91 Å². The van der Waals surface area contributed by atoms with Crippen LogP contribution in [0.25, 0.3) is 0 Å². The molecule has 0 atom stereocenters. The summed E-state index contributed by atoms with van der Waals surface area (Å²) in [5.74, 6) is 0.0709. The van der Waals surface area contributed by atoms with Gasteiger partial charge in [0.25, 0.3) is 0 Å². The van der Waals surface area contributed by atoms with Crippen LogP contribution in [0.3, 0.4) is 0 Å². The Morgan fingerprint density at radius 1 is 1.07 bits per heavy atom. The maximum atomic E-state index is 5.71. The highest BCUT2D eigenvalue weighted by Gasteiger charge is 2.12. The van der Waals surface area contributed by atoms with Crippen molar-refractivity contribution in [3.05, 3.63) is 0 Å². The lowest BCUT2D eigenvalue weighted by atomic mass is 10.5. The third-order valence-corrected chi connectivity index (χ3v) is 3.51. The molecule has 0 radical (unpaired) electrons. The summed E-state index contributed by atoms with van der Waals surface area (Å²) in [5, 5.41) is 0. The maximum Gasteiger partial charge on any atom is 0.135 e. The molecule has 2 N–H and O–H groups in total. The Morgan fingerprint density at radius 3 is 1.93 bits per heavy atom. The van der Waals surface area contributed by atoms with Gasteiger partial charge in [-0.05, 0) is 40.7 Å². The Hall–Kier alpha value is 0.0969. The van der Waals surface area contributed by atoms with E-state index in [4.69, 9.17) is 15.2 Å². The van der Waals surface area contributed by atoms with E-state index in [1.54, 1.807) is 0 Å². The number of hydrogen-bond acceptors (Lipinski definition) is 3. The lowest BCUT2D eigenvalue weighted by Crippen LogP contribution is -2.30. The quantitative estimate of drug-likeness (QED) is 0.377. The van der Waals surface area contributed by atoms with Gasteiger partial charge >= 0.3 is 0 Å². The first kappa shape index (κ1) is 14.1. The summed E-state index contributed by atoms with van der Waals surface area (Å²) in [5.41, 5.74) is 5.46. The summed E-state index contributed by atoms with van der Waals surface area (Å²) in [4.78, 5) is 0. The molecule has 0 unspecified atom stereocenters. The first-order chi connectivity index (χ1) is 6.56. The van der Waals surface area contributed by atoms with Crippen LogP contribution < -0.4 is 5.73 Å². The molecule has 0 aromatic rings. The molecule has 3 nitrogen and oxygen atoms in total. The van der Waals surface area contributed by atoms with Gasteiger partial charge in [-0.15, -0.1) is 0 Å². The van der Waals surface area contributed by atoms with Crippen LogP contribution in [0.15, 0.2) is 0 Å². The SMILES string of the molecule is CC(C)OC(OC(C)C)[SiH2]CCCN. The fourth-order valence-electron chi connectivity index (χ4n) is 1.23. The largest absolute Gasteiger partial charge is 0.354 e. The predicted molar refractivity (Wildman–Crippen MR) is 63.3 cm³/mol. The van der Waals surface area contributed by atoms with E-state index in [0.717, 1.165) is 13.0 Å². The molecule has 0 saturated heterocycles. The first-order valence-electron chi connectivity index (χ1n) is 5.57. The second-order valence-corrected chi connectivity index (χ2v) is 6.03. The molecule has 0 aliphatic heterocycles. The summed E-state index contributed by atoms with van der Waals surface area (Å²) >= 11 is 0. The third-order valence-electron chi connectivity index (χ3n) is 1.74. The van der Waals surface area contributed by atoms with Crippen LogP contribution in [0.2, 0.25) is 6.04 Å². The topological polar surface area (TPSA) is 44.5 Å². The van der Waals surface area contributed by atoms with Crippen LogP contribution >= 0.6 is 0 Å². The highest BCUT2D eigenvalue weighted by Crippen LogP contribution is 2.05. The summed E-state index contributed by atoms with van der Waals surface area (Å²) in [6, 6.07) is 1.21. The molecule has 0 bridgehead atoms. The molecular formula is C10H25NO2Si.